The molecule has 3 aromatic rings. The molecule has 2 heterocycles. The Bertz CT molecular complexity index is 1410. The van der Waals surface area contributed by atoms with Gasteiger partial charge in [-0.05, 0) is 67.5 Å². The molecule has 0 spiro atoms. The molecule has 222 valence electrons. The zero-order valence-electron chi connectivity index (χ0n) is 24.3. The van der Waals surface area contributed by atoms with Crippen LogP contribution in [0.25, 0.3) is 0 Å². The number of methoxy groups -OCH3 is 2. The van der Waals surface area contributed by atoms with Crippen molar-refractivity contribution in [1.82, 2.24) is 24.7 Å². The molecule has 0 unspecified atom stereocenters. The van der Waals surface area contributed by atoms with E-state index in [0.29, 0.717) is 35.9 Å². The topological polar surface area (TPSA) is 127 Å². The highest BCUT2D eigenvalue weighted by atomic mass is 32.2. The Morgan fingerprint density at radius 2 is 1.71 bits per heavy atom. The van der Waals surface area contributed by atoms with Crippen LogP contribution in [0.2, 0.25) is 0 Å². The van der Waals surface area contributed by atoms with E-state index in [4.69, 9.17) is 13.9 Å². The Kier molecular flexibility index (Phi) is 10.1. The zero-order chi connectivity index (χ0) is 29.6. The Balaban J connectivity index is 1.26. The van der Waals surface area contributed by atoms with Crippen LogP contribution in [0, 0.1) is 13.8 Å². The highest BCUT2D eigenvalue weighted by molar-refractivity contribution is 7.89. The smallest absolute Gasteiger partial charge is 0.308 e. The second kappa shape index (κ2) is 13.6. The van der Waals surface area contributed by atoms with Gasteiger partial charge in [-0.2, -0.15) is 4.31 Å². The van der Waals surface area contributed by atoms with Gasteiger partial charge >= 0.3 is 11.8 Å². The third kappa shape index (κ3) is 7.70. The predicted octanol–water partition coefficient (Wildman–Crippen LogP) is 3.10. The number of aryl methyl sites for hydroxylation is 2. The van der Waals surface area contributed by atoms with E-state index in [0.717, 1.165) is 42.3 Å². The lowest BCUT2D eigenvalue weighted by Crippen LogP contribution is -2.36. The van der Waals surface area contributed by atoms with Crippen LogP contribution < -0.4 is 10.1 Å². The highest BCUT2D eigenvalue weighted by Gasteiger charge is 2.27. The van der Waals surface area contributed by atoms with Crippen LogP contribution in [-0.4, -0.2) is 80.7 Å². The summed E-state index contributed by atoms with van der Waals surface area (Å²) < 4.78 is 43.8. The van der Waals surface area contributed by atoms with E-state index in [1.807, 2.05) is 0 Å². The van der Waals surface area contributed by atoms with Crippen molar-refractivity contribution in [2.75, 3.05) is 40.9 Å². The van der Waals surface area contributed by atoms with Gasteiger partial charge in [-0.3, -0.25) is 9.69 Å². The van der Waals surface area contributed by atoms with Crippen molar-refractivity contribution in [2.24, 2.45) is 0 Å². The van der Waals surface area contributed by atoms with Crippen molar-refractivity contribution in [3.8, 4) is 5.75 Å². The van der Waals surface area contributed by atoms with Gasteiger partial charge in [0.15, 0.2) is 0 Å². The fourth-order valence-corrected chi connectivity index (χ4v) is 6.57. The van der Waals surface area contributed by atoms with E-state index in [1.165, 1.54) is 19.7 Å². The maximum atomic E-state index is 13.2. The molecule has 0 radical (unpaired) electrons. The van der Waals surface area contributed by atoms with Crippen molar-refractivity contribution in [2.45, 2.75) is 57.2 Å². The molecule has 1 amide bonds. The molecule has 0 saturated carbocycles. The van der Waals surface area contributed by atoms with Crippen molar-refractivity contribution >= 4 is 15.9 Å². The molecule has 1 aliphatic heterocycles. The minimum Gasteiger partial charge on any atom is -0.497 e. The Labute approximate surface area is 241 Å². The normalized spacial score (nSPS) is 14.9. The minimum absolute atomic E-state index is 0.0204. The summed E-state index contributed by atoms with van der Waals surface area (Å²) in [5.41, 5.74) is 3.50. The summed E-state index contributed by atoms with van der Waals surface area (Å²) in [4.78, 5) is 15.2. The second-order valence-electron chi connectivity index (χ2n) is 10.4. The standard InChI is InChI=1S/C29H39N5O6S/c1-20-16-25(39-5)17-21(2)27(20)41(36,37)33(3)19-26-31-32-29(40-26)28(35)30-13-10-22-6-8-23(9-7-22)18-34-14-11-24(38-4)12-15-34/h6-9,16-17,24H,10-15,18-19H2,1-5H3,(H,30,35). The number of sulfonamides is 1. The van der Waals surface area contributed by atoms with Crippen molar-refractivity contribution in [3.05, 3.63) is 70.4 Å². The molecule has 1 aliphatic rings. The molecule has 1 fully saturated rings. The maximum absolute atomic E-state index is 13.2. The van der Waals surface area contributed by atoms with E-state index >= 15 is 0 Å². The van der Waals surface area contributed by atoms with Gasteiger partial charge in [0.05, 0.1) is 24.7 Å². The number of ether oxygens (including phenoxy) is 2. The molecule has 41 heavy (non-hydrogen) atoms. The van der Waals surface area contributed by atoms with Crippen LogP contribution in [0.15, 0.2) is 45.7 Å². The lowest BCUT2D eigenvalue weighted by atomic mass is 10.1. The first-order valence-electron chi connectivity index (χ1n) is 13.7. The summed E-state index contributed by atoms with van der Waals surface area (Å²) >= 11 is 0. The summed E-state index contributed by atoms with van der Waals surface area (Å²) in [5.74, 6) is -0.116. The van der Waals surface area contributed by atoms with Crippen LogP contribution in [0.4, 0.5) is 0 Å². The average Bonchev–Trinajstić information content (AvgIpc) is 3.42. The monoisotopic (exact) mass is 585 g/mol. The molecule has 0 atom stereocenters. The number of benzene rings is 2. The Morgan fingerprint density at radius 3 is 2.32 bits per heavy atom. The Hall–Kier alpha value is -3.32. The fourth-order valence-electron chi connectivity index (χ4n) is 5.04. The van der Waals surface area contributed by atoms with Gasteiger partial charge in [-0.15, -0.1) is 10.2 Å². The summed E-state index contributed by atoms with van der Waals surface area (Å²) in [6, 6.07) is 11.8. The molecule has 0 bridgehead atoms. The number of likely N-dealkylation sites (tertiary alicyclic amines) is 1. The lowest BCUT2D eigenvalue weighted by Gasteiger charge is -2.31. The summed E-state index contributed by atoms with van der Waals surface area (Å²) in [6.07, 6.45) is 3.15. The summed E-state index contributed by atoms with van der Waals surface area (Å²) in [7, 11) is 0.886. The van der Waals surface area contributed by atoms with E-state index in [-0.39, 0.29) is 23.2 Å². The van der Waals surface area contributed by atoms with Crippen molar-refractivity contribution < 1.29 is 27.1 Å². The molecule has 1 aromatic heterocycles. The van der Waals surface area contributed by atoms with E-state index in [1.54, 1.807) is 33.1 Å². The van der Waals surface area contributed by atoms with Gasteiger partial charge in [0.1, 0.15) is 5.75 Å². The number of piperidine rings is 1. The van der Waals surface area contributed by atoms with Gasteiger partial charge in [-0.25, -0.2) is 8.42 Å². The molecule has 4 rings (SSSR count). The highest BCUT2D eigenvalue weighted by Crippen LogP contribution is 2.28. The molecular weight excluding hydrogens is 546 g/mol. The van der Waals surface area contributed by atoms with Crippen molar-refractivity contribution in [3.63, 3.8) is 0 Å². The molecule has 2 aromatic carbocycles. The van der Waals surface area contributed by atoms with Crippen LogP contribution >= 0.6 is 0 Å². The van der Waals surface area contributed by atoms with Gasteiger partial charge in [0, 0.05) is 40.3 Å². The first-order valence-corrected chi connectivity index (χ1v) is 15.1. The van der Waals surface area contributed by atoms with Gasteiger partial charge < -0.3 is 19.2 Å². The summed E-state index contributed by atoms with van der Waals surface area (Å²) in [5, 5.41) is 10.5. The maximum Gasteiger partial charge on any atom is 0.308 e. The molecule has 1 N–H and O–H groups in total. The number of hydrogen-bond acceptors (Lipinski definition) is 9. The quantitative estimate of drug-likeness (QED) is 0.341. The van der Waals surface area contributed by atoms with Gasteiger partial charge in [0.25, 0.3) is 0 Å². The van der Waals surface area contributed by atoms with Crippen molar-refractivity contribution in [1.29, 1.82) is 0 Å². The first kappa shape index (κ1) is 30.6. The number of carbonyl (C=O) groups excluding carboxylic acids is 1. The van der Waals surface area contributed by atoms with Gasteiger partial charge in [0.2, 0.25) is 15.9 Å². The third-order valence-corrected chi connectivity index (χ3v) is 9.46. The van der Waals surface area contributed by atoms with Gasteiger partial charge in [-0.1, -0.05) is 24.3 Å². The lowest BCUT2D eigenvalue weighted by molar-refractivity contribution is 0.0388. The predicted molar refractivity (Wildman–Crippen MR) is 153 cm³/mol. The number of carbonyl (C=O) groups is 1. The van der Waals surface area contributed by atoms with Crippen LogP contribution in [0.5, 0.6) is 5.75 Å². The van der Waals surface area contributed by atoms with Crippen LogP contribution in [0.3, 0.4) is 0 Å². The Morgan fingerprint density at radius 1 is 1.07 bits per heavy atom. The molecule has 12 heteroatoms. The van der Waals surface area contributed by atoms with Crippen LogP contribution in [-0.2, 0) is 34.3 Å². The molecule has 11 nitrogen and oxygen atoms in total. The van der Waals surface area contributed by atoms with E-state index in [9.17, 15) is 13.2 Å². The number of nitrogens with one attached hydrogen (secondary N) is 1. The fraction of sp³-hybridized carbons (Fsp3) is 0.483. The SMILES string of the molecule is COc1cc(C)c(S(=O)(=O)N(C)Cc2nnc(C(=O)NCCc3ccc(CN4CCC(OC)CC4)cc3)o2)c(C)c1. The zero-order valence-corrected chi connectivity index (χ0v) is 25.2. The molecule has 0 aliphatic carbocycles. The van der Waals surface area contributed by atoms with Crippen LogP contribution in [0.1, 0.15) is 51.7 Å². The second-order valence-corrected chi connectivity index (χ2v) is 12.4. The molecular formula is C29H39N5O6S. The number of amides is 1. The summed E-state index contributed by atoms with van der Waals surface area (Å²) in [6.45, 7) is 6.65. The molecule has 1 saturated heterocycles. The number of rotatable bonds is 12. The number of aromatic nitrogens is 2. The number of nitrogens with zero attached hydrogens (tertiary/aromatic N) is 4. The minimum atomic E-state index is -3.85. The van der Waals surface area contributed by atoms with E-state index < -0.39 is 15.9 Å². The van der Waals surface area contributed by atoms with E-state index in [2.05, 4.69) is 44.7 Å². The largest absolute Gasteiger partial charge is 0.497 e. The first-order chi connectivity index (χ1) is 19.6. The average molecular weight is 586 g/mol. The number of hydrogen-bond donors (Lipinski definition) is 1. The third-order valence-electron chi connectivity index (χ3n) is 7.35.